The Morgan fingerprint density at radius 1 is 1.30 bits per heavy atom. The van der Waals surface area contributed by atoms with Crippen molar-refractivity contribution < 1.29 is 17.4 Å². The van der Waals surface area contributed by atoms with Gasteiger partial charge in [0.15, 0.2) is 0 Å². The normalized spacial score (nSPS) is 16.7. The molecule has 0 fully saturated rings. The molecular weight excluding hydrogens is 287 g/mol. The second-order valence-corrected chi connectivity index (χ2v) is 6.70. The Labute approximate surface area is 120 Å². The van der Waals surface area contributed by atoms with Gasteiger partial charge in [0.05, 0.1) is 5.56 Å². The molecule has 0 saturated heterocycles. The first-order valence-electron chi connectivity index (χ1n) is 6.44. The smallest absolute Gasteiger partial charge is 0.310 e. The quantitative estimate of drug-likeness (QED) is 0.871. The molecule has 1 N–H and O–H groups in total. The summed E-state index contributed by atoms with van der Waals surface area (Å²) in [6.45, 7) is 4.34. The summed E-state index contributed by atoms with van der Waals surface area (Å²) in [5, 5.41) is 3.24. The van der Waals surface area contributed by atoms with Gasteiger partial charge in [-0.15, -0.1) is 0 Å². The highest BCUT2D eigenvalue weighted by Crippen LogP contribution is 2.30. The minimum Gasteiger partial charge on any atom is -0.310 e. The summed E-state index contributed by atoms with van der Waals surface area (Å²) in [5.41, 5.74) is -0.0308. The van der Waals surface area contributed by atoms with E-state index in [1.807, 2.05) is 13.8 Å². The first-order chi connectivity index (χ1) is 9.21. The molecule has 0 heterocycles. The van der Waals surface area contributed by atoms with Crippen LogP contribution in [0.25, 0.3) is 0 Å². The molecule has 0 saturated carbocycles. The van der Waals surface area contributed by atoms with Crippen molar-refractivity contribution in [3.8, 4) is 0 Å². The predicted molar refractivity (Wildman–Crippen MR) is 76.0 cm³/mol. The molecule has 0 aliphatic heterocycles. The Morgan fingerprint density at radius 3 is 2.50 bits per heavy atom. The van der Waals surface area contributed by atoms with Crippen molar-refractivity contribution in [2.24, 2.45) is 0 Å². The van der Waals surface area contributed by atoms with Crippen LogP contribution in [0.4, 0.5) is 13.2 Å². The van der Waals surface area contributed by atoms with Gasteiger partial charge in [0.1, 0.15) is 0 Å². The van der Waals surface area contributed by atoms with E-state index in [0.717, 1.165) is 12.5 Å². The fourth-order valence-electron chi connectivity index (χ4n) is 1.77. The van der Waals surface area contributed by atoms with E-state index in [1.165, 1.54) is 12.1 Å². The lowest BCUT2D eigenvalue weighted by Crippen LogP contribution is -2.24. The zero-order chi connectivity index (χ0) is 15.3. The summed E-state index contributed by atoms with van der Waals surface area (Å²) in [5.74, 6) is 0. The lowest BCUT2D eigenvalue weighted by molar-refractivity contribution is -0.137. The van der Waals surface area contributed by atoms with Crippen molar-refractivity contribution in [2.75, 3.05) is 12.8 Å². The van der Waals surface area contributed by atoms with Gasteiger partial charge in [-0.05, 0) is 37.6 Å². The molecule has 0 aliphatic carbocycles. The zero-order valence-corrected chi connectivity index (χ0v) is 12.6. The molecule has 2 nitrogen and oxygen atoms in total. The number of rotatable bonds is 6. The molecule has 0 bridgehead atoms. The summed E-state index contributed by atoms with van der Waals surface area (Å²) in [4.78, 5) is 0. The van der Waals surface area contributed by atoms with Crippen molar-refractivity contribution in [1.82, 2.24) is 5.32 Å². The number of halogens is 3. The molecule has 0 amide bonds. The average Bonchev–Trinajstić information content (AvgIpc) is 2.37. The fraction of sp³-hybridized carbons (Fsp3) is 0.571. The maximum atomic E-state index is 12.6. The average molecular weight is 307 g/mol. The highest BCUT2D eigenvalue weighted by atomic mass is 32.2. The van der Waals surface area contributed by atoms with E-state index < -0.39 is 22.5 Å². The van der Waals surface area contributed by atoms with E-state index in [-0.39, 0.29) is 11.3 Å². The second-order valence-electron chi connectivity index (χ2n) is 4.90. The monoisotopic (exact) mass is 307 g/mol. The van der Waals surface area contributed by atoms with Crippen molar-refractivity contribution in [2.45, 2.75) is 37.7 Å². The summed E-state index contributed by atoms with van der Waals surface area (Å²) in [6, 6.07) is 5.15. The van der Waals surface area contributed by atoms with Gasteiger partial charge in [-0.3, -0.25) is 4.21 Å². The third kappa shape index (κ3) is 5.25. The molecule has 20 heavy (non-hydrogen) atoms. The summed E-state index contributed by atoms with van der Waals surface area (Å²) in [6.07, 6.45) is -1.93. The molecule has 6 heteroatoms. The third-order valence-electron chi connectivity index (χ3n) is 3.28. The highest BCUT2D eigenvalue weighted by molar-refractivity contribution is 7.84. The Balaban J connectivity index is 2.60. The van der Waals surface area contributed by atoms with Crippen LogP contribution in [0.2, 0.25) is 0 Å². The second kappa shape index (κ2) is 7.22. The van der Waals surface area contributed by atoms with Crippen LogP contribution in [0.1, 0.15) is 37.4 Å². The summed E-state index contributed by atoms with van der Waals surface area (Å²) >= 11 is 0. The van der Waals surface area contributed by atoms with Crippen LogP contribution in [-0.2, 0) is 17.0 Å². The molecule has 1 aromatic carbocycles. The van der Waals surface area contributed by atoms with Crippen LogP contribution in [0.15, 0.2) is 24.3 Å². The van der Waals surface area contributed by atoms with Crippen molar-refractivity contribution >= 4 is 10.8 Å². The first kappa shape index (κ1) is 17.2. The number of benzene rings is 1. The highest BCUT2D eigenvalue weighted by Gasteiger charge is 2.30. The third-order valence-corrected chi connectivity index (χ3v) is 4.65. The van der Waals surface area contributed by atoms with E-state index in [9.17, 15) is 17.4 Å². The van der Waals surface area contributed by atoms with Crippen LogP contribution in [0.3, 0.4) is 0 Å². The van der Waals surface area contributed by atoms with Crippen LogP contribution < -0.4 is 5.32 Å². The van der Waals surface area contributed by atoms with E-state index >= 15 is 0 Å². The standard InChI is InChI=1S/C14H20F3NOS/c1-10(20(3)19)7-8-18-11(2)12-5-4-6-13(9-12)14(15,16)17/h4-6,9-11,18H,7-8H2,1-3H3. The van der Waals surface area contributed by atoms with Gasteiger partial charge in [-0.2, -0.15) is 13.2 Å². The van der Waals surface area contributed by atoms with Crippen molar-refractivity contribution in [3.05, 3.63) is 35.4 Å². The summed E-state index contributed by atoms with van der Waals surface area (Å²) in [7, 11) is -0.874. The largest absolute Gasteiger partial charge is 0.416 e. The lowest BCUT2D eigenvalue weighted by Gasteiger charge is -2.17. The maximum Gasteiger partial charge on any atom is 0.416 e. The Bertz CT molecular complexity index is 462. The topological polar surface area (TPSA) is 29.1 Å². The van der Waals surface area contributed by atoms with E-state index in [1.54, 1.807) is 12.3 Å². The van der Waals surface area contributed by atoms with E-state index in [0.29, 0.717) is 12.1 Å². The van der Waals surface area contributed by atoms with Crippen LogP contribution in [0, 0.1) is 0 Å². The molecule has 0 spiro atoms. The number of alkyl halides is 3. The predicted octanol–water partition coefficient (Wildman–Crippen LogP) is 3.51. The Morgan fingerprint density at radius 2 is 1.95 bits per heavy atom. The van der Waals surface area contributed by atoms with Crippen LogP contribution in [0.5, 0.6) is 0 Å². The van der Waals surface area contributed by atoms with Gasteiger partial charge in [0.2, 0.25) is 0 Å². The molecule has 3 atom stereocenters. The van der Waals surface area contributed by atoms with Gasteiger partial charge in [-0.1, -0.05) is 19.1 Å². The van der Waals surface area contributed by atoms with Gasteiger partial charge >= 0.3 is 6.18 Å². The van der Waals surface area contributed by atoms with E-state index in [2.05, 4.69) is 5.32 Å². The lowest BCUT2D eigenvalue weighted by atomic mass is 10.0. The fourth-order valence-corrected chi connectivity index (χ4v) is 2.22. The Hall–Kier alpha value is -0.880. The Kier molecular flexibility index (Phi) is 6.20. The zero-order valence-electron chi connectivity index (χ0n) is 11.8. The van der Waals surface area contributed by atoms with Gasteiger partial charge in [0.25, 0.3) is 0 Å². The number of hydrogen-bond donors (Lipinski definition) is 1. The molecule has 114 valence electrons. The van der Waals surface area contributed by atoms with Crippen molar-refractivity contribution in [3.63, 3.8) is 0 Å². The van der Waals surface area contributed by atoms with Gasteiger partial charge in [-0.25, -0.2) is 0 Å². The minimum atomic E-state index is -4.32. The molecule has 3 unspecified atom stereocenters. The van der Waals surface area contributed by atoms with Gasteiger partial charge in [0, 0.05) is 28.3 Å². The molecule has 1 rings (SSSR count). The number of nitrogens with one attached hydrogen (secondary N) is 1. The summed E-state index contributed by atoms with van der Waals surface area (Å²) < 4.78 is 49.1. The van der Waals surface area contributed by atoms with Crippen molar-refractivity contribution in [1.29, 1.82) is 0 Å². The first-order valence-corrected chi connectivity index (χ1v) is 8.06. The number of hydrogen-bond acceptors (Lipinski definition) is 2. The molecule has 0 radical (unpaired) electrons. The van der Waals surface area contributed by atoms with E-state index in [4.69, 9.17) is 0 Å². The SMILES string of the molecule is CC(NCCC(C)S(C)=O)c1cccc(C(F)(F)F)c1. The van der Waals surface area contributed by atoms with Crippen LogP contribution >= 0.6 is 0 Å². The molecule has 0 aromatic heterocycles. The minimum absolute atomic E-state index is 0.0798. The molecule has 1 aromatic rings. The van der Waals surface area contributed by atoms with Gasteiger partial charge < -0.3 is 5.32 Å². The molecular formula is C14H20F3NOS. The molecule has 0 aliphatic rings. The maximum absolute atomic E-state index is 12.6. The van der Waals surface area contributed by atoms with Crippen LogP contribution in [-0.4, -0.2) is 22.3 Å².